The van der Waals surface area contributed by atoms with Crippen molar-refractivity contribution in [1.82, 2.24) is 10.2 Å². The Hall–Kier alpha value is -2.39. The van der Waals surface area contributed by atoms with Crippen molar-refractivity contribution >= 4 is 59.8 Å². The number of carboxylic acids is 1. The average Bonchev–Trinajstić information content (AvgIpc) is 2.73. The molecule has 0 aliphatic carbocycles. The van der Waals surface area contributed by atoms with Crippen LogP contribution >= 0.6 is 36.4 Å². The van der Waals surface area contributed by atoms with Gasteiger partial charge in [0, 0.05) is 49.1 Å². The van der Waals surface area contributed by atoms with Crippen molar-refractivity contribution in [3.05, 3.63) is 53.1 Å². The maximum atomic E-state index is 12.0. The van der Waals surface area contributed by atoms with Gasteiger partial charge in [0.05, 0.1) is 0 Å². The van der Waals surface area contributed by atoms with E-state index < -0.39 is 12.0 Å². The summed E-state index contributed by atoms with van der Waals surface area (Å²) in [6.07, 6.45) is 0.810. The number of piperazine rings is 1. The van der Waals surface area contributed by atoms with E-state index in [0.29, 0.717) is 12.2 Å². The van der Waals surface area contributed by atoms with Crippen molar-refractivity contribution in [2.24, 2.45) is 0 Å². The first-order chi connectivity index (χ1) is 14.4. The van der Waals surface area contributed by atoms with Crippen LogP contribution < -0.4 is 15.5 Å². The van der Waals surface area contributed by atoms with Gasteiger partial charge in [0.25, 0.3) is 0 Å². The lowest BCUT2D eigenvalue weighted by Crippen LogP contribution is -2.47. The monoisotopic (exact) mass is 504 g/mol. The van der Waals surface area contributed by atoms with Crippen LogP contribution in [0.15, 0.2) is 42.5 Å². The Labute approximate surface area is 204 Å². The van der Waals surface area contributed by atoms with Gasteiger partial charge in [0.1, 0.15) is 11.3 Å². The third-order valence-electron chi connectivity index (χ3n) is 4.99. The number of anilines is 2. The minimum Gasteiger partial charge on any atom is -0.507 e. The first-order valence-corrected chi connectivity index (χ1v) is 10.1. The molecule has 1 aliphatic rings. The molecular formula is C21H27Cl3N4O4. The molecule has 8 nitrogen and oxygen atoms in total. The third kappa shape index (κ3) is 7.94. The van der Waals surface area contributed by atoms with Crippen LogP contribution in [0.1, 0.15) is 16.8 Å². The number of carboxylic acid groups (broad SMARTS) is 1. The topological polar surface area (TPSA) is 105 Å². The SMILES string of the molecule is Cl.Cl.O=C(NCCCN1CCN(c2ccc(Cl)cc2)CC1)Nc1ccc(O)c(C(=O)O)c1. The maximum Gasteiger partial charge on any atom is 0.339 e. The van der Waals surface area contributed by atoms with E-state index in [2.05, 4.69) is 20.4 Å². The second kappa shape index (κ2) is 13.2. The summed E-state index contributed by atoms with van der Waals surface area (Å²) < 4.78 is 0. The van der Waals surface area contributed by atoms with Crippen molar-refractivity contribution in [1.29, 1.82) is 0 Å². The first kappa shape index (κ1) is 27.6. The predicted molar refractivity (Wildman–Crippen MR) is 131 cm³/mol. The van der Waals surface area contributed by atoms with Crippen LogP contribution in [0.2, 0.25) is 5.02 Å². The number of hydrogen-bond acceptors (Lipinski definition) is 5. The summed E-state index contributed by atoms with van der Waals surface area (Å²) in [6, 6.07) is 11.4. The molecule has 1 aliphatic heterocycles. The molecular weight excluding hydrogens is 479 g/mol. The minimum absolute atomic E-state index is 0. The lowest BCUT2D eigenvalue weighted by Gasteiger charge is -2.36. The molecule has 2 aromatic rings. The van der Waals surface area contributed by atoms with E-state index in [-0.39, 0.29) is 36.1 Å². The van der Waals surface area contributed by atoms with Gasteiger partial charge < -0.3 is 25.7 Å². The van der Waals surface area contributed by atoms with Gasteiger partial charge in [-0.2, -0.15) is 0 Å². The Morgan fingerprint density at radius 3 is 2.28 bits per heavy atom. The smallest absolute Gasteiger partial charge is 0.339 e. The number of hydrogen-bond donors (Lipinski definition) is 4. The summed E-state index contributed by atoms with van der Waals surface area (Å²) in [7, 11) is 0. The number of nitrogens with zero attached hydrogens (tertiary/aromatic N) is 2. The van der Waals surface area contributed by atoms with Crippen LogP contribution in [0, 0.1) is 0 Å². The fraction of sp³-hybridized carbons (Fsp3) is 0.333. The standard InChI is InChI=1S/C21H25ClN4O4.2ClH/c22-15-2-5-17(6-3-15)26-12-10-25(11-13-26)9-1-8-23-21(30)24-16-4-7-19(27)18(14-16)20(28)29;;/h2-7,14,27H,1,8-13H2,(H,28,29)(H2,23,24,30);2*1H. The molecule has 2 amide bonds. The van der Waals surface area contributed by atoms with Gasteiger partial charge in [-0.15, -0.1) is 24.8 Å². The van der Waals surface area contributed by atoms with E-state index >= 15 is 0 Å². The Kier molecular flexibility index (Phi) is 11.4. The van der Waals surface area contributed by atoms with Gasteiger partial charge in [0.15, 0.2) is 0 Å². The van der Waals surface area contributed by atoms with E-state index in [1.807, 2.05) is 24.3 Å². The van der Waals surface area contributed by atoms with Crippen molar-refractivity contribution in [3.63, 3.8) is 0 Å². The number of carbonyl (C=O) groups is 2. The number of rotatable bonds is 7. The van der Waals surface area contributed by atoms with E-state index in [0.717, 1.165) is 44.2 Å². The van der Waals surface area contributed by atoms with Gasteiger partial charge in [0.2, 0.25) is 0 Å². The molecule has 0 saturated carbocycles. The number of halogens is 3. The number of urea groups is 1. The van der Waals surface area contributed by atoms with Crippen LogP contribution in [0.3, 0.4) is 0 Å². The summed E-state index contributed by atoms with van der Waals surface area (Å²) in [5.74, 6) is -1.60. The van der Waals surface area contributed by atoms with E-state index in [9.17, 15) is 14.7 Å². The summed E-state index contributed by atoms with van der Waals surface area (Å²) in [5, 5.41) is 24.6. The molecule has 0 unspecified atom stereocenters. The zero-order valence-electron chi connectivity index (χ0n) is 17.3. The Morgan fingerprint density at radius 1 is 1.00 bits per heavy atom. The second-order valence-corrected chi connectivity index (χ2v) is 7.51. The zero-order chi connectivity index (χ0) is 21.5. The molecule has 11 heteroatoms. The molecule has 4 N–H and O–H groups in total. The predicted octanol–water partition coefficient (Wildman–Crippen LogP) is 3.92. The highest BCUT2D eigenvalue weighted by Gasteiger charge is 2.17. The molecule has 0 radical (unpaired) electrons. The average molecular weight is 506 g/mol. The number of phenols is 1. The molecule has 1 fully saturated rings. The lowest BCUT2D eigenvalue weighted by molar-refractivity contribution is 0.0693. The molecule has 3 rings (SSSR count). The molecule has 1 heterocycles. The number of amides is 2. The fourth-order valence-corrected chi connectivity index (χ4v) is 3.47. The van der Waals surface area contributed by atoms with Crippen molar-refractivity contribution < 1.29 is 19.8 Å². The van der Waals surface area contributed by atoms with Gasteiger partial charge in [-0.25, -0.2) is 9.59 Å². The minimum atomic E-state index is -1.26. The van der Waals surface area contributed by atoms with Gasteiger partial charge in [-0.1, -0.05) is 11.6 Å². The summed E-state index contributed by atoms with van der Waals surface area (Å²) >= 11 is 5.94. The number of benzene rings is 2. The summed E-state index contributed by atoms with van der Waals surface area (Å²) in [4.78, 5) is 27.7. The van der Waals surface area contributed by atoms with Crippen LogP contribution in [0.25, 0.3) is 0 Å². The van der Waals surface area contributed by atoms with Crippen molar-refractivity contribution in [3.8, 4) is 5.75 Å². The van der Waals surface area contributed by atoms with Crippen LogP contribution in [-0.4, -0.2) is 66.4 Å². The van der Waals surface area contributed by atoms with Crippen LogP contribution in [0.5, 0.6) is 5.75 Å². The molecule has 32 heavy (non-hydrogen) atoms. The number of aromatic hydroxyl groups is 1. The molecule has 0 atom stereocenters. The highest BCUT2D eigenvalue weighted by molar-refractivity contribution is 6.30. The molecule has 1 saturated heterocycles. The van der Waals surface area contributed by atoms with Gasteiger partial charge in [-0.3, -0.25) is 4.90 Å². The number of carbonyl (C=O) groups excluding carboxylic acids is 1. The van der Waals surface area contributed by atoms with Gasteiger partial charge >= 0.3 is 12.0 Å². The van der Waals surface area contributed by atoms with Crippen LogP contribution in [-0.2, 0) is 0 Å². The van der Waals surface area contributed by atoms with E-state index in [1.165, 1.54) is 23.9 Å². The second-order valence-electron chi connectivity index (χ2n) is 7.08. The normalized spacial score (nSPS) is 13.5. The zero-order valence-corrected chi connectivity index (χ0v) is 19.7. The quantitative estimate of drug-likeness (QED) is 0.336. The largest absolute Gasteiger partial charge is 0.507 e. The molecule has 0 bridgehead atoms. The third-order valence-corrected chi connectivity index (χ3v) is 5.24. The molecule has 0 aromatic heterocycles. The summed E-state index contributed by atoms with van der Waals surface area (Å²) in [6.45, 7) is 5.20. The Balaban J connectivity index is 0.00000256. The summed E-state index contributed by atoms with van der Waals surface area (Å²) in [5.41, 5.74) is 1.23. The Bertz CT molecular complexity index is 891. The number of nitrogens with one attached hydrogen (secondary N) is 2. The molecule has 0 spiro atoms. The lowest BCUT2D eigenvalue weighted by atomic mass is 10.2. The van der Waals surface area contributed by atoms with Crippen molar-refractivity contribution in [2.45, 2.75) is 6.42 Å². The molecule has 2 aromatic carbocycles. The fourth-order valence-electron chi connectivity index (χ4n) is 3.35. The first-order valence-electron chi connectivity index (χ1n) is 9.76. The van der Waals surface area contributed by atoms with E-state index in [1.54, 1.807) is 0 Å². The maximum absolute atomic E-state index is 12.0. The van der Waals surface area contributed by atoms with E-state index in [4.69, 9.17) is 16.7 Å². The highest BCUT2D eigenvalue weighted by atomic mass is 35.5. The highest BCUT2D eigenvalue weighted by Crippen LogP contribution is 2.21. The molecule has 176 valence electrons. The Morgan fingerprint density at radius 2 is 1.66 bits per heavy atom. The van der Waals surface area contributed by atoms with Gasteiger partial charge in [-0.05, 0) is 55.4 Å². The van der Waals surface area contributed by atoms with Crippen molar-refractivity contribution in [2.75, 3.05) is 49.5 Å². The number of aromatic carboxylic acids is 1. The van der Waals surface area contributed by atoms with Crippen LogP contribution in [0.4, 0.5) is 16.2 Å².